The van der Waals surface area contributed by atoms with E-state index in [0.29, 0.717) is 5.56 Å². The quantitative estimate of drug-likeness (QED) is 0.829. The van der Waals surface area contributed by atoms with E-state index in [1.807, 2.05) is 0 Å². The summed E-state index contributed by atoms with van der Waals surface area (Å²) in [5.41, 5.74) is 0.731. The Morgan fingerprint density at radius 2 is 1.67 bits per heavy atom. The van der Waals surface area contributed by atoms with Gasteiger partial charge >= 0.3 is 5.97 Å². The fourth-order valence-electron chi connectivity index (χ4n) is 3.12. The lowest BCUT2D eigenvalue weighted by Crippen LogP contribution is -2.40. The highest BCUT2D eigenvalue weighted by atomic mass is 19.2. The monoisotopic (exact) mass is 379 g/mol. The zero-order chi connectivity index (χ0) is 19.7. The highest BCUT2D eigenvalue weighted by molar-refractivity contribution is 5.97. The van der Waals surface area contributed by atoms with Gasteiger partial charge in [-0.3, -0.25) is 4.79 Å². The van der Waals surface area contributed by atoms with Gasteiger partial charge in [0.1, 0.15) is 6.04 Å². The first-order valence-corrected chi connectivity index (χ1v) is 8.13. The second kappa shape index (κ2) is 7.40. The van der Waals surface area contributed by atoms with E-state index < -0.39 is 35.4 Å². The molecule has 0 radical (unpaired) electrons. The minimum absolute atomic E-state index is 0.120. The first kappa shape index (κ1) is 18.9. The van der Waals surface area contributed by atoms with Gasteiger partial charge in [0.05, 0.1) is 6.10 Å². The van der Waals surface area contributed by atoms with Crippen molar-refractivity contribution in [2.45, 2.75) is 18.6 Å². The van der Waals surface area contributed by atoms with E-state index in [9.17, 15) is 27.9 Å². The highest BCUT2D eigenvalue weighted by Gasteiger charge is 2.40. The molecule has 27 heavy (non-hydrogen) atoms. The standard InChI is InChI=1S/C19H16F3NO4/c1-27-13-8-16(19(25)26)23(9-13)18(24)11-4-2-10(3-5-11)12-6-14(20)17(22)15(21)7-12/h2-7,13,16H,8-9H2,1H3,(H,25,26). The van der Waals surface area contributed by atoms with Gasteiger partial charge in [-0.25, -0.2) is 18.0 Å². The van der Waals surface area contributed by atoms with Crippen molar-refractivity contribution in [3.8, 4) is 11.1 Å². The third-order valence-electron chi connectivity index (χ3n) is 4.59. The number of halogens is 3. The Kier molecular flexibility index (Phi) is 5.18. The minimum atomic E-state index is -1.55. The molecule has 0 spiro atoms. The number of hydrogen-bond acceptors (Lipinski definition) is 3. The van der Waals surface area contributed by atoms with Crippen molar-refractivity contribution in [3.63, 3.8) is 0 Å². The Hall–Kier alpha value is -2.87. The molecule has 1 aliphatic heterocycles. The molecule has 8 heteroatoms. The molecule has 0 aliphatic carbocycles. The lowest BCUT2D eigenvalue weighted by molar-refractivity contribution is -0.141. The maximum atomic E-state index is 13.4. The van der Waals surface area contributed by atoms with Crippen LogP contribution in [0.2, 0.25) is 0 Å². The molecule has 2 atom stereocenters. The Balaban J connectivity index is 1.85. The first-order chi connectivity index (χ1) is 12.8. The summed E-state index contributed by atoms with van der Waals surface area (Å²) in [6, 6.07) is 6.50. The number of carboxylic acid groups (broad SMARTS) is 1. The van der Waals surface area contributed by atoms with Crippen LogP contribution in [0.3, 0.4) is 0 Å². The van der Waals surface area contributed by atoms with Crippen LogP contribution >= 0.6 is 0 Å². The zero-order valence-corrected chi connectivity index (χ0v) is 14.3. The Morgan fingerprint density at radius 3 is 2.19 bits per heavy atom. The van der Waals surface area contributed by atoms with Crippen molar-refractivity contribution in [1.29, 1.82) is 0 Å². The summed E-state index contributed by atoms with van der Waals surface area (Å²) in [6.07, 6.45) is -0.163. The molecule has 0 saturated carbocycles. The van der Waals surface area contributed by atoms with Crippen molar-refractivity contribution in [1.82, 2.24) is 4.90 Å². The molecule has 142 valence electrons. The largest absolute Gasteiger partial charge is 0.480 e. The molecule has 2 aromatic rings. The normalized spacial score (nSPS) is 19.3. The highest BCUT2D eigenvalue weighted by Crippen LogP contribution is 2.26. The Morgan fingerprint density at radius 1 is 1.07 bits per heavy atom. The number of amides is 1. The van der Waals surface area contributed by atoms with Gasteiger partial charge in [0.25, 0.3) is 5.91 Å². The number of ether oxygens (including phenoxy) is 1. The number of hydrogen-bond donors (Lipinski definition) is 1. The van der Waals surface area contributed by atoms with Crippen LogP contribution in [-0.2, 0) is 9.53 Å². The summed E-state index contributed by atoms with van der Waals surface area (Å²) >= 11 is 0. The first-order valence-electron chi connectivity index (χ1n) is 8.13. The van der Waals surface area contributed by atoms with E-state index >= 15 is 0 Å². The van der Waals surface area contributed by atoms with Crippen LogP contribution in [0.15, 0.2) is 36.4 Å². The summed E-state index contributed by atoms with van der Waals surface area (Å²) in [4.78, 5) is 25.3. The van der Waals surface area contributed by atoms with Crippen LogP contribution < -0.4 is 0 Å². The molecule has 2 aromatic carbocycles. The average Bonchev–Trinajstić information content (AvgIpc) is 3.10. The number of carbonyl (C=O) groups excluding carboxylic acids is 1. The summed E-state index contributed by atoms with van der Waals surface area (Å²) in [5.74, 6) is -5.76. The third kappa shape index (κ3) is 3.66. The molecule has 2 unspecified atom stereocenters. The predicted molar refractivity (Wildman–Crippen MR) is 89.6 cm³/mol. The molecule has 1 amide bonds. The van der Waals surface area contributed by atoms with E-state index in [1.165, 1.54) is 36.3 Å². The van der Waals surface area contributed by atoms with Gasteiger partial charge in [-0.1, -0.05) is 12.1 Å². The minimum Gasteiger partial charge on any atom is -0.480 e. The molecule has 1 aliphatic rings. The maximum Gasteiger partial charge on any atom is 0.326 e. The van der Waals surface area contributed by atoms with Gasteiger partial charge in [0.15, 0.2) is 17.5 Å². The van der Waals surface area contributed by atoms with Crippen LogP contribution in [0.25, 0.3) is 11.1 Å². The summed E-state index contributed by atoms with van der Waals surface area (Å²) in [5, 5.41) is 9.31. The summed E-state index contributed by atoms with van der Waals surface area (Å²) < 4.78 is 45.0. The van der Waals surface area contributed by atoms with Crippen molar-refractivity contribution < 1.29 is 32.6 Å². The molecule has 0 bridgehead atoms. The van der Waals surface area contributed by atoms with Crippen molar-refractivity contribution >= 4 is 11.9 Å². The van der Waals surface area contributed by atoms with E-state index in [2.05, 4.69) is 0 Å². The molecule has 0 aromatic heterocycles. The van der Waals surface area contributed by atoms with Gasteiger partial charge in [-0.15, -0.1) is 0 Å². The number of benzene rings is 2. The number of carboxylic acids is 1. The predicted octanol–water partition coefficient (Wildman–Crippen LogP) is 3.09. The van der Waals surface area contributed by atoms with Crippen LogP contribution in [0.4, 0.5) is 13.2 Å². The SMILES string of the molecule is COC1CC(C(=O)O)N(C(=O)c2ccc(-c3cc(F)c(F)c(F)c3)cc2)C1. The van der Waals surface area contributed by atoms with E-state index in [-0.39, 0.29) is 30.2 Å². The van der Waals surface area contributed by atoms with Crippen LogP contribution in [0, 0.1) is 17.5 Å². The topological polar surface area (TPSA) is 66.8 Å². The van der Waals surface area contributed by atoms with Gasteiger partial charge < -0.3 is 14.7 Å². The molecular weight excluding hydrogens is 363 g/mol. The number of likely N-dealkylation sites (tertiary alicyclic amines) is 1. The number of carbonyl (C=O) groups is 2. The van der Waals surface area contributed by atoms with Crippen molar-refractivity contribution in [2.75, 3.05) is 13.7 Å². The maximum absolute atomic E-state index is 13.4. The summed E-state index contributed by atoms with van der Waals surface area (Å²) in [7, 11) is 1.45. The zero-order valence-electron chi connectivity index (χ0n) is 14.3. The van der Waals surface area contributed by atoms with Crippen molar-refractivity contribution in [2.24, 2.45) is 0 Å². The number of aliphatic carboxylic acids is 1. The molecule has 1 saturated heterocycles. The van der Waals surface area contributed by atoms with Crippen LogP contribution in [0.5, 0.6) is 0 Å². The third-order valence-corrected chi connectivity index (χ3v) is 4.59. The number of methoxy groups -OCH3 is 1. The van der Waals surface area contributed by atoms with E-state index in [4.69, 9.17) is 4.74 Å². The second-order valence-corrected chi connectivity index (χ2v) is 6.24. The molecule has 1 heterocycles. The molecule has 1 fully saturated rings. The fraction of sp³-hybridized carbons (Fsp3) is 0.263. The van der Waals surface area contributed by atoms with Crippen LogP contribution in [0.1, 0.15) is 16.8 Å². The van der Waals surface area contributed by atoms with Crippen molar-refractivity contribution in [3.05, 3.63) is 59.4 Å². The Bertz CT molecular complexity index is 862. The van der Waals surface area contributed by atoms with Gasteiger partial charge in [-0.05, 0) is 35.4 Å². The lowest BCUT2D eigenvalue weighted by atomic mass is 10.0. The van der Waals surface area contributed by atoms with E-state index in [1.54, 1.807) is 0 Å². The molecular formula is C19H16F3NO4. The average molecular weight is 379 g/mol. The van der Waals surface area contributed by atoms with Gasteiger partial charge in [-0.2, -0.15) is 0 Å². The number of rotatable bonds is 4. The molecule has 1 N–H and O–H groups in total. The summed E-state index contributed by atoms with van der Waals surface area (Å²) in [6.45, 7) is 0.155. The number of nitrogens with zero attached hydrogens (tertiary/aromatic N) is 1. The van der Waals surface area contributed by atoms with Gasteiger partial charge in [0.2, 0.25) is 0 Å². The molecule has 5 nitrogen and oxygen atoms in total. The Labute approximate surface area is 153 Å². The molecule has 3 rings (SSSR count). The van der Waals surface area contributed by atoms with Crippen LogP contribution in [-0.4, -0.2) is 47.7 Å². The van der Waals surface area contributed by atoms with E-state index in [0.717, 1.165) is 12.1 Å². The van der Waals surface area contributed by atoms with Gasteiger partial charge in [0, 0.05) is 25.6 Å². The fourth-order valence-corrected chi connectivity index (χ4v) is 3.12. The lowest BCUT2D eigenvalue weighted by Gasteiger charge is -2.21. The smallest absolute Gasteiger partial charge is 0.326 e. The second-order valence-electron chi connectivity index (χ2n) is 6.24.